The number of carbonyl (C=O) groups is 3. The molecule has 4 rings (SSSR count). The number of morpholine rings is 1. The molecule has 1 unspecified atom stereocenters. The Kier molecular flexibility index (Phi) is 7.21. The Balaban J connectivity index is 0.000000755. The van der Waals surface area contributed by atoms with Crippen LogP contribution in [0.3, 0.4) is 0 Å². The van der Waals surface area contributed by atoms with Crippen molar-refractivity contribution >= 4 is 18.3 Å². The molecule has 0 aromatic carbocycles. The molecule has 2 amide bonds. The summed E-state index contributed by atoms with van der Waals surface area (Å²) in [5.74, 6) is 0.0806. The number of carbonyl (C=O) groups excluding carboxylic acids is 2. The number of aromatic nitrogens is 2. The molecule has 2 N–H and O–H groups in total. The number of ether oxygens (including phenoxy) is 1. The van der Waals surface area contributed by atoms with Crippen LogP contribution >= 0.6 is 0 Å². The van der Waals surface area contributed by atoms with E-state index in [-0.39, 0.29) is 30.3 Å². The quantitative estimate of drug-likeness (QED) is 0.638. The first kappa shape index (κ1) is 21.3. The average Bonchev–Trinajstić information content (AvgIpc) is 3.17. The number of nitrogens with zero attached hydrogens (tertiary/aromatic N) is 4. The molecule has 0 spiro atoms. The van der Waals surface area contributed by atoms with Gasteiger partial charge in [-0.3, -0.25) is 14.4 Å². The minimum absolute atomic E-state index is 0.0522. The first-order chi connectivity index (χ1) is 14.0. The summed E-state index contributed by atoms with van der Waals surface area (Å²) in [5, 5.41) is 16.5. The fraction of sp³-hybridized carbons (Fsp3) is 0.684. The van der Waals surface area contributed by atoms with Crippen molar-refractivity contribution < 1.29 is 29.3 Å². The van der Waals surface area contributed by atoms with Gasteiger partial charge in [-0.25, -0.2) is 4.98 Å². The number of imidazole rings is 1. The van der Waals surface area contributed by atoms with Crippen LogP contribution in [0.4, 0.5) is 0 Å². The SMILES string of the molecule is O=C(c1ncn2c1CCC(C(=O)N1CCOCC1)C2)N1CCC(O)CC1.O=CO. The number of fused-ring (bicyclic) bond motifs is 1. The van der Waals surface area contributed by atoms with Crippen LogP contribution in [0.5, 0.6) is 0 Å². The number of carboxylic acid groups (broad SMARTS) is 1. The summed E-state index contributed by atoms with van der Waals surface area (Å²) in [6.07, 6.45) is 4.08. The van der Waals surface area contributed by atoms with Crippen LogP contribution in [0.1, 0.15) is 35.4 Å². The predicted octanol–water partition coefficient (Wildman–Crippen LogP) is -0.398. The molecule has 4 heterocycles. The Morgan fingerprint density at radius 3 is 2.41 bits per heavy atom. The van der Waals surface area contributed by atoms with Crippen LogP contribution in [0.25, 0.3) is 0 Å². The van der Waals surface area contributed by atoms with E-state index in [1.807, 2.05) is 9.47 Å². The normalized spacial score (nSPS) is 22.3. The Morgan fingerprint density at radius 2 is 1.76 bits per heavy atom. The van der Waals surface area contributed by atoms with Crippen molar-refractivity contribution in [2.75, 3.05) is 39.4 Å². The van der Waals surface area contributed by atoms with Gasteiger partial charge in [-0.1, -0.05) is 0 Å². The summed E-state index contributed by atoms with van der Waals surface area (Å²) < 4.78 is 7.29. The molecule has 2 saturated heterocycles. The Bertz CT molecular complexity index is 722. The van der Waals surface area contributed by atoms with Gasteiger partial charge in [0.05, 0.1) is 37.3 Å². The second-order valence-electron chi connectivity index (χ2n) is 7.49. The molecule has 2 fully saturated rings. The second kappa shape index (κ2) is 9.84. The van der Waals surface area contributed by atoms with Crippen molar-refractivity contribution in [1.29, 1.82) is 0 Å². The fourth-order valence-electron chi connectivity index (χ4n) is 4.11. The van der Waals surface area contributed by atoms with E-state index in [1.165, 1.54) is 0 Å². The summed E-state index contributed by atoms with van der Waals surface area (Å²) in [5.41, 5.74) is 1.45. The lowest BCUT2D eigenvalue weighted by molar-refractivity contribution is -0.140. The minimum atomic E-state index is -0.304. The molecule has 3 aliphatic heterocycles. The third kappa shape index (κ3) is 4.94. The number of likely N-dealkylation sites (tertiary alicyclic amines) is 1. The number of piperidine rings is 1. The van der Waals surface area contributed by atoms with Gasteiger partial charge in [-0.05, 0) is 25.7 Å². The average molecular weight is 408 g/mol. The Morgan fingerprint density at radius 1 is 1.10 bits per heavy atom. The summed E-state index contributed by atoms with van der Waals surface area (Å²) in [7, 11) is 0. The molecule has 0 saturated carbocycles. The van der Waals surface area contributed by atoms with E-state index in [9.17, 15) is 14.7 Å². The van der Waals surface area contributed by atoms with E-state index in [2.05, 4.69) is 4.98 Å². The van der Waals surface area contributed by atoms with Gasteiger partial charge in [0.1, 0.15) is 5.69 Å². The predicted molar refractivity (Wildman–Crippen MR) is 101 cm³/mol. The highest BCUT2D eigenvalue weighted by molar-refractivity contribution is 5.93. The molecule has 10 nitrogen and oxygen atoms in total. The molecule has 0 bridgehead atoms. The van der Waals surface area contributed by atoms with Crippen LogP contribution in [0.2, 0.25) is 0 Å². The smallest absolute Gasteiger partial charge is 0.290 e. The molecule has 29 heavy (non-hydrogen) atoms. The van der Waals surface area contributed by atoms with Crippen molar-refractivity contribution in [3.05, 3.63) is 17.7 Å². The number of rotatable bonds is 2. The van der Waals surface area contributed by atoms with Crippen LogP contribution in [-0.4, -0.2) is 93.3 Å². The molecule has 160 valence electrons. The van der Waals surface area contributed by atoms with Crippen molar-refractivity contribution in [1.82, 2.24) is 19.4 Å². The number of hydrogen-bond acceptors (Lipinski definition) is 6. The van der Waals surface area contributed by atoms with E-state index in [1.54, 1.807) is 11.2 Å². The largest absolute Gasteiger partial charge is 0.483 e. The number of amides is 2. The lowest BCUT2D eigenvalue weighted by Crippen LogP contribution is -2.45. The monoisotopic (exact) mass is 408 g/mol. The van der Waals surface area contributed by atoms with Crippen molar-refractivity contribution in [3.63, 3.8) is 0 Å². The van der Waals surface area contributed by atoms with E-state index in [0.29, 0.717) is 70.9 Å². The van der Waals surface area contributed by atoms with Gasteiger partial charge >= 0.3 is 0 Å². The second-order valence-corrected chi connectivity index (χ2v) is 7.49. The van der Waals surface area contributed by atoms with Gasteiger partial charge in [0.25, 0.3) is 12.4 Å². The van der Waals surface area contributed by atoms with Gasteiger partial charge in [0.15, 0.2) is 0 Å². The zero-order chi connectivity index (χ0) is 20.8. The van der Waals surface area contributed by atoms with Crippen molar-refractivity contribution in [3.8, 4) is 0 Å². The summed E-state index contributed by atoms with van der Waals surface area (Å²) in [6.45, 7) is 4.03. The van der Waals surface area contributed by atoms with E-state index in [4.69, 9.17) is 14.6 Å². The Labute approximate surface area is 169 Å². The van der Waals surface area contributed by atoms with E-state index >= 15 is 0 Å². The summed E-state index contributed by atoms with van der Waals surface area (Å²) in [6, 6.07) is 0. The molecule has 3 aliphatic rings. The fourth-order valence-corrected chi connectivity index (χ4v) is 4.11. The lowest BCUT2D eigenvalue weighted by Gasteiger charge is -2.33. The standard InChI is InChI=1S/C18H26N4O4.CH2O2/c23-14-3-5-20(6-4-14)18(25)16-15-2-1-13(11-22(15)12-19-16)17(24)21-7-9-26-10-8-21;2-1-3/h12-14,23H,1-11H2;1H,(H,2,3). The van der Waals surface area contributed by atoms with Crippen molar-refractivity contribution in [2.24, 2.45) is 5.92 Å². The summed E-state index contributed by atoms with van der Waals surface area (Å²) >= 11 is 0. The van der Waals surface area contributed by atoms with E-state index < -0.39 is 0 Å². The topological polar surface area (TPSA) is 125 Å². The third-order valence-corrected chi connectivity index (χ3v) is 5.72. The minimum Gasteiger partial charge on any atom is -0.483 e. The molecule has 1 aromatic heterocycles. The zero-order valence-electron chi connectivity index (χ0n) is 16.4. The van der Waals surface area contributed by atoms with E-state index in [0.717, 1.165) is 12.1 Å². The molecule has 0 aliphatic carbocycles. The van der Waals surface area contributed by atoms with Crippen LogP contribution in [0, 0.1) is 5.92 Å². The van der Waals surface area contributed by atoms with Gasteiger partial charge in [-0.15, -0.1) is 0 Å². The van der Waals surface area contributed by atoms with Crippen molar-refractivity contribution in [2.45, 2.75) is 38.3 Å². The maximum absolute atomic E-state index is 12.8. The highest BCUT2D eigenvalue weighted by atomic mass is 16.5. The Hall–Kier alpha value is -2.46. The number of aliphatic hydroxyl groups excluding tert-OH is 1. The third-order valence-electron chi connectivity index (χ3n) is 5.72. The van der Waals surface area contributed by atoms with Crippen LogP contribution in [-0.2, 0) is 27.3 Å². The van der Waals surface area contributed by atoms with Crippen LogP contribution in [0.15, 0.2) is 6.33 Å². The van der Waals surface area contributed by atoms with Crippen LogP contribution < -0.4 is 0 Å². The first-order valence-electron chi connectivity index (χ1n) is 10.0. The molecule has 1 aromatic rings. The maximum atomic E-state index is 12.8. The lowest BCUT2D eigenvalue weighted by atomic mass is 9.95. The molecule has 0 radical (unpaired) electrons. The number of hydrogen-bond donors (Lipinski definition) is 2. The van der Waals surface area contributed by atoms with Gasteiger partial charge < -0.3 is 29.3 Å². The molecular formula is C19H28N4O6. The highest BCUT2D eigenvalue weighted by Crippen LogP contribution is 2.25. The maximum Gasteiger partial charge on any atom is 0.290 e. The molecular weight excluding hydrogens is 380 g/mol. The zero-order valence-corrected chi connectivity index (χ0v) is 16.4. The highest BCUT2D eigenvalue weighted by Gasteiger charge is 2.33. The summed E-state index contributed by atoms with van der Waals surface area (Å²) in [4.78, 5) is 41.9. The van der Waals surface area contributed by atoms with Gasteiger partial charge in [0, 0.05) is 32.7 Å². The van der Waals surface area contributed by atoms with Gasteiger partial charge in [-0.2, -0.15) is 0 Å². The number of aliphatic hydroxyl groups is 1. The molecule has 1 atom stereocenters. The van der Waals surface area contributed by atoms with Gasteiger partial charge in [0.2, 0.25) is 5.91 Å². The molecule has 10 heteroatoms. The first-order valence-corrected chi connectivity index (χ1v) is 10.0.